The van der Waals surface area contributed by atoms with Crippen LogP contribution < -0.4 is 5.32 Å². The molecule has 4 heteroatoms. The number of rotatable bonds is 5. The van der Waals surface area contributed by atoms with Gasteiger partial charge in [0.05, 0.1) is 11.1 Å². The molecule has 2 heterocycles. The number of likely N-dealkylation sites (tertiary alicyclic amines) is 1. The minimum atomic E-state index is 0.297. The van der Waals surface area contributed by atoms with Gasteiger partial charge < -0.3 is 5.32 Å². The van der Waals surface area contributed by atoms with Gasteiger partial charge in [-0.15, -0.1) is 11.3 Å². The summed E-state index contributed by atoms with van der Waals surface area (Å²) in [6, 6.07) is 2.46. The Morgan fingerprint density at radius 2 is 1.95 bits per heavy atom. The molecule has 1 aliphatic heterocycles. The van der Waals surface area contributed by atoms with Crippen LogP contribution in [-0.2, 0) is 0 Å². The third-order valence-electron chi connectivity index (χ3n) is 5.31. The zero-order valence-corrected chi connectivity index (χ0v) is 14.6. The van der Waals surface area contributed by atoms with Gasteiger partial charge in [0.2, 0.25) is 0 Å². The van der Waals surface area contributed by atoms with Crippen molar-refractivity contribution in [1.82, 2.24) is 10.2 Å². The number of nitrogens with zero attached hydrogens (tertiary/aromatic N) is 1. The molecule has 2 fully saturated rings. The van der Waals surface area contributed by atoms with Crippen LogP contribution in [0.3, 0.4) is 0 Å². The van der Waals surface area contributed by atoms with Gasteiger partial charge in [0, 0.05) is 10.4 Å². The van der Waals surface area contributed by atoms with Crippen molar-refractivity contribution in [2.75, 3.05) is 19.6 Å². The quantitative estimate of drug-likeness (QED) is 0.832. The van der Waals surface area contributed by atoms with Crippen molar-refractivity contribution < 1.29 is 0 Å². The van der Waals surface area contributed by atoms with Crippen molar-refractivity contribution in [3.05, 3.63) is 21.3 Å². The van der Waals surface area contributed by atoms with E-state index < -0.39 is 0 Å². The summed E-state index contributed by atoms with van der Waals surface area (Å²) in [7, 11) is 0. The van der Waals surface area contributed by atoms with E-state index in [4.69, 9.17) is 11.6 Å². The van der Waals surface area contributed by atoms with Gasteiger partial charge in [-0.1, -0.05) is 37.8 Å². The molecule has 0 amide bonds. The van der Waals surface area contributed by atoms with Crippen molar-refractivity contribution in [1.29, 1.82) is 0 Å². The molecule has 1 aromatic heterocycles. The van der Waals surface area contributed by atoms with Crippen molar-refractivity contribution in [2.45, 2.75) is 63.5 Å². The minimum Gasteiger partial charge on any atom is -0.308 e. The molecule has 2 aliphatic rings. The largest absolute Gasteiger partial charge is 0.308 e. The predicted molar refractivity (Wildman–Crippen MR) is 92.4 cm³/mol. The van der Waals surface area contributed by atoms with Gasteiger partial charge in [0.1, 0.15) is 0 Å². The Morgan fingerprint density at radius 1 is 1.24 bits per heavy atom. The van der Waals surface area contributed by atoms with E-state index in [0.717, 1.165) is 11.6 Å². The van der Waals surface area contributed by atoms with Crippen LogP contribution >= 0.6 is 22.9 Å². The summed E-state index contributed by atoms with van der Waals surface area (Å²) >= 11 is 8.33. The Morgan fingerprint density at radius 3 is 2.52 bits per heavy atom. The summed E-state index contributed by atoms with van der Waals surface area (Å²) in [5, 5.41) is 6.88. The number of thiophene rings is 1. The van der Waals surface area contributed by atoms with Crippen LogP contribution in [0.1, 0.15) is 62.8 Å². The molecule has 0 radical (unpaired) electrons. The Bertz CT molecular complexity index is 447. The lowest BCUT2D eigenvalue weighted by molar-refractivity contribution is 0.0376. The highest BCUT2D eigenvalue weighted by atomic mass is 35.5. The summed E-state index contributed by atoms with van der Waals surface area (Å²) in [5.41, 5.74) is 0.297. The van der Waals surface area contributed by atoms with E-state index in [1.54, 1.807) is 0 Å². The molecular formula is C17H27ClN2S. The van der Waals surface area contributed by atoms with Gasteiger partial charge in [0.25, 0.3) is 0 Å². The molecule has 1 saturated heterocycles. The second-order valence-electron chi connectivity index (χ2n) is 6.48. The zero-order valence-electron chi connectivity index (χ0n) is 13.0. The smallest absolute Gasteiger partial charge is 0.0616 e. The van der Waals surface area contributed by atoms with Gasteiger partial charge in [-0.25, -0.2) is 0 Å². The summed E-state index contributed by atoms with van der Waals surface area (Å²) in [4.78, 5) is 4.15. The van der Waals surface area contributed by atoms with E-state index in [1.165, 1.54) is 62.9 Å². The lowest BCUT2D eigenvalue weighted by atomic mass is 9.83. The fourth-order valence-corrected chi connectivity index (χ4v) is 5.71. The van der Waals surface area contributed by atoms with E-state index >= 15 is 0 Å². The molecule has 3 rings (SSSR count). The molecule has 21 heavy (non-hydrogen) atoms. The average molecular weight is 327 g/mol. The third-order valence-corrected chi connectivity index (χ3v) is 6.73. The molecule has 1 aliphatic carbocycles. The third kappa shape index (κ3) is 3.03. The highest BCUT2D eigenvalue weighted by Crippen LogP contribution is 2.48. The number of hydrogen-bond acceptors (Lipinski definition) is 3. The lowest BCUT2D eigenvalue weighted by Gasteiger charge is -2.48. The highest BCUT2D eigenvalue weighted by Gasteiger charge is 2.47. The summed E-state index contributed by atoms with van der Waals surface area (Å²) in [6.45, 7) is 5.76. The first-order chi connectivity index (χ1) is 10.3. The second kappa shape index (κ2) is 6.99. The monoisotopic (exact) mass is 326 g/mol. The molecule has 0 spiro atoms. The second-order valence-corrected chi connectivity index (χ2v) is 7.84. The van der Waals surface area contributed by atoms with Crippen LogP contribution in [0.4, 0.5) is 0 Å². The minimum absolute atomic E-state index is 0.297. The van der Waals surface area contributed by atoms with Gasteiger partial charge in [-0.3, -0.25) is 4.90 Å². The lowest BCUT2D eigenvalue weighted by Crippen LogP contribution is -2.56. The molecule has 1 unspecified atom stereocenters. The number of nitrogens with one attached hydrogen (secondary N) is 1. The predicted octanol–water partition coefficient (Wildman–Crippen LogP) is 4.85. The van der Waals surface area contributed by atoms with Gasteiger partial charge in [-0.2, -0.15) is 0 Å². The maximum Gasteiger partial charge on any atom is 0.0616 e. The van der Waals surface area contributed by atoms with Crippen molar-refractivity contribution >= 4 is 22.9 Å². The first kappa shape index (κ1) is 15.8. The van der Waals surface area contributed by atoms with Crippen molar-refractivity contribution in [3.63, 3.8) is 0 Å². The topological polar surface area (TPSA) is 15.3 Å². The number of hydrogen-bond donors (Lipinski definition) is 1. The van der Waals surface area contributed by atoms with Crippen LogP contribution in [-0.4, -0.2) is 30.1 Å². The average Bonchev–Trinajstić information content (AvgIpc) is 3.16. The Labute approximate surface area is 137 Å². The molecular weight excluding hydrogens is 300 g/mol. The normalized spacial score (nSPS) is 24.3. The van der Waals surface area contributed by atoms with E-state index in [-0.39, 0.29) is 0 Å². The standard InChI is InChI=1S/C17H27ClN2S/c1-2-19-16(15-14(18)8-13-21-15)17(9-4-5-10-17)20-11-6-3-7-12-20/h8,13,16,19H,2-7,9-12H2,1H3. The van der Waals surface area contributed by atoms with Crippen LogP contribution in [0, 0.1) is 0 Å². The molecule has 1 atom stereocenters. The SMILES string of the molecule is CCNC(c1sccc1Cl)C1(N2CCCCC2)CCCC1. The molecule has 0 aromatic carbocycles. The zero-order chi connectivity index (χ0) is 14.7. The van der Waals surface area contributed by atoms with Crippen molar-refractivity contribution in [2.24, 2.45) is 0 Å². The molecule has 2 nitrogen and oxygen atoms in total. The van der Waals surface area contributed by atoms with E-state index in [1.807, 2.05) is 11.3 Å². The Kier molecular flexibility index (Phi) is 5.26. The maximum absolute atomic E-state index is 6.50. The number of halogens is 1. The fourth-order valence-electron chi connectivity index (χ4n) is 4.36. The number of piperidine rings is 1. The fraction of sp³-hybridized carbons (Fsp3) is 0.765. The molecule has 0 bridgehead atoms. The Balaban J connectivity index is 1.94. The van der Waals surface area contributed by atoms with Crippen LogP contribution in [0.15, 0.2) is 11.4 Å². The maximum atomic E-state index is 6.50. The molecule has 1 aromatic rings. The van der Waals surface area contributed by atoms with Gasteiger partial charge in [-0.05, 0) is 56.8 Å². The van der Waals surface area contributed by atoms with E-state index in [2.05, 4.69) is 28.6 Å². The summed E-state index contributed by atoms with van der Waals surface area (Å²) in [6.07, 6.45) is 9.48. The molecule has 118 valence electrons. The van der Waals surface area contributed by atoms with Gasteiger partial charge in [0.15, 0.2) is 0 Å². The highest BCUT2D eigenvalue weighted by molar-refractivity contribution is 7.10. The Hall–Kier alpha value is -0.0900. The first-order valence-corrected chi connectivity index (χ1v) is 9.75. The van der Waals surface area contributed by atoms with Gasteiger partial charge >= 0.3 is 0 Å². The van der Waals surface area contributed by atoms with Crippen LogP contribution in [0.25, 0.3) is 0 Å². The molecule has 1 N–H and O–H groups in total. The van der Waals surface area contributed by atoms with Crippen LogP contribution in [0.5, 0.6) is 0 Å². The molecule has 1 saturated carbocycles. The van der Waals surface area contributed by atoms with Crippen LogP contribution in [0.2, 0.25) is 5.02 Å². The summed E-state index contributed by atoms with van der Waals surface area (Å²) < 4.78 is 0. The van der Waals surface area contributed by atoms with E-state index in [0.29, 0.717) is 11.6 Å². The summed E-state index contributed by atoms with van der Waals surface area (Å²) in [5.74, 6) is 0. The first-order valence-electron chi connectivity index (χ1n) is 8.49. The van der Waals surface area contributed by atoms with Crippen molar-refractivity contribution in [3.8, 4) is 0 Å². The van der Waals surface area contributed by atoms with E-state index in [9.17, 15) is 0 Å². The number of likely N-dealkylation sites (N-methyl/N-ethyl adjacent to an activating group) is 1.